The van der Waals surface area contributed by atoms with Crippen LogP contribution in [0.15, 0.2) is 39.9 Å². The smallest absolute Gasteiger partial charge is 0.187 e. The van der Waals surface area contributed by atoms with Gasteiger partial charge in [-0.15, -0.1) is 0 Å². The number of piperidine rings is 1. The van der Waals surface area contributed by atoms with Crippen molar-refractivity contribution in [2.24, 2.45) is 5.10 Å². The van der Waals surface area contributed by atoms with E-state index in [4.69, 9.17) is 39.8 Å². The van der Waals surface area contributed by atoms with Gasteiger partial charge in [-0.3, -0.25) is 5.43 Å². The number of halogens is 2. The van der Waals surface area contributed by atoms with Crippen molar-refractivity contribution in [3.63, 3.8) is 0 Å². The van der Waals surface area contributed by atoms with Crippen molar-refractivity contribution in [3.05, 3.63) is 46.1 Å². The molecule has 2 heterocycles. The summed E-state index contributed by atoms with van der Waals surface area (Å²) in [7, 11) is 0. The molecule has 5 nitrogen and oxygen atoms in total. The molecule has 2 N–H and O–H groups in total. The van der Waals surface area contributed by atoms with Crippen molar-refractivity contribution >= 4 is 46.7 Å². The first kappa shape index (κ1) is 20.1. The molecule has 27 heavy (non-hydrogen) atoms. The zero-order chi connectivity index (χ0) is 19.1. The fourth-order valence-electron chi connectivity index (χ4n) is 2.93. The molecule has 0 unspecified atom stereocenters. The van der Waals surface area contributed by atoms with Gasteiger partial charge in [-0.25, -0.2) is 0 Å². The van der Waals surface area contributed by atoms with Crippen LogP contribution in [-0.2, 0) is 0 Å². The Morgan fingerprint density at radius 3 is 2.74 bits per heavy atom. The molecule has 1 aromatic heterocycles. The molecule has 1 aliphatic rings. The summed E-state index contributed by atoms with van der Waals surface area (Å²) < 4.78 is 5.75. The van der Waals surface area contributed by atoms with E-state index in [0.29, 0.717) is 26.7 Å². The number of nitrogens with zero attached hydrogens (tertiary/aromatic N) is 2. The minimum Gasteiger partial charge on any atom is -0.455 e. The SMILES string of the molecule is S=C(NCCN1CCCCC1)N/N=C/c1ccc(-c2ccc(Cl)c(Cl)c2)o1. The molecule has 0 amide bonds. The Bertz CT molecular complexity index is 803. The fourth-order valence-corrected chi connectivity index (χ4v) is 3.38. The average Bonchev–Trinajstić information content (AvgIpc) is 3.14. The lowest BCUT2D eigenvalue weighted by Crippen LogP contribution is -2.40. The third-order valence-electron chi connectivity index (χ3n) is 4.35. The van der Waals surface area contributed by atoms with Crippen LogP contribution in [0, 0.1) is 0 Å². The van der Waals surface area contributed by atoms with Crippen LogP contribution in [0.4, 0.5) is 0 Å². The second-order valence-electron chi connectivity index (χ2n) is 6.36. The van der Waals surface area contributed by atoms with E-state index in [1.807, 2.05) is 18.2 Å². The van der Waals surface area contributed by atoms with Crippen molar-refractivity contribution in [2.75, 3.05) is 26.2 Å². The number of thiocarbonyl (C=S) groups is 1. The van der Waals surface area contributed by atoms with Gasteiger partial charge in [0.2, 0.25) is 0 Å². The highest BCUT2D eigenvalue weighted by Gasteiger charge is 2.09. The lowest BCUT2D eigenvalue weighted by Gasteiger charge is -2.26. The molecule has 1 fully saturated rings. The molecule has 2 aromatic rings. The molecule has 1 aromatic carbocycles. The highest BCUT2D eigenvalue weighted by Crippen LogP contribution is 2.29. The number of hydrogen-bond acceptors (Lipinski definition) is 4. The predicted molar refractivity (Wildman–Crippen MR) is 116 cm³/mol. The Hall–Kier alpha value is -1.60. The van der Waals surface area contributed by atoms with Gasteiger partial charge >= 0.3 is 0 Å². The lowest BCUT2D eigenvalue weighted by atomic mass is 10.1. The Labute approximate surface area is 174 Å². The van der Waals surface area contributed by atoms with Crippen LogP contribution < -0.4 is 10.7 Å². The second-order valence-corrected chi connectivity index (χ2v) is 7.58. The zero-order valence-electron chi connectivity index (χ0n) is 14.9. The molecule has 0 aliphatic carbocycles. The number of likely N-dealkylation sites (tertiary alicyclic amines) is 1. The largest absolute Gasteiger partial charge is 0.455 e. The highest BCUT2D eigenvalue weighted by molar-refractivity contribution is 7.80. The van der Waals surface area contributed by atoms with Crippen LogP contribution in [-0.4, -0.2) is 42.4 Å². The standard InChI is InChI=1S/C19H22Cl2N4OS/c20-16-6-4-14(12-17(16)21)18-7-5-15(26-18)13-23-24-19(27)22-8-11-25-9-2-1-3-10-25/h4-7,12-13H,1-3,8-11H2,(H2,22,24,27)/b23-13+. The molecule has 3 rings (SSSR count). The first-order valence-electron chi connectivity index (χ1n) is 8.96. The van der Waals surface area contributed by atoms with Gasteiger partial charge in [0, 0.05) is 18.7 Å². The van der Waals surface area contributed by atoms with Crippen molar-refractivity contribution in [1.82, 2.24) is 15.6 Å². The van der Waals surface area contributed by atoms with E-state index in [9.17, 15) is 0 Å². The third-order valence-corrected chi connectivity index (χ3v) is 5.33. The van der Waals surface area contributed by atoms with Crippen LogP contribution in [0.5, 0.6) is 0 Å². The van der Waals surface area contributed by atoms with Gasteiger partial charge in [0.05, 0.1) is 16.3 Å². The van der Waals surface area contributed by atoms with Gasteiger partial charge in [-0.05, 0) is 68.5 Å². The zero-order valence-corrected chi connectivity index (χ0v) is 17.2. The van der Waals surface area contributed by atoms with Crippen molar-refractivity contribution in [3.8, 4) is 11.3 Å². The van der Waals surface area contributed by atoms with Gasteiger partial charge in [0.1, 0.15) is 11.5 Å². The van der Waals surface area contributed by atoms with Gasteiger partial charge in [0.15, 0.2) is 5.11 Å². The average molecular weight is 425 g/mol. The molecule has 0 spiro atoms. The summed E-state index contributed by atoms with van der Waals surface area (Å²) in [4.78, 5) is 2.45. The number of hydrogen-bond donors (Lipinski definition) is 2. The van der Waals surface area contributed by atoms with Crippen LogP contribution in [0.3, 0.4) is 0 Å². The summed E-state index contributed by atoms with van der Waals surface area (Å²) in [6, 6.07) is 9.05. The Morgan fingerprint density at radius 2 is 1.96 bits per heavy atom. The van der Waals surface area contributed by atoms with Crippen molar-refractivity contribution in [2.45, 2.75) is 19.3 Å². The summed E-state index contributed by atoms with van der Waals surface area (Å²) in [5, 5.41) is 8.78. The fraction of sp³-hybridized carbons (Fsp3) is 0.368. The molecule has 8 heteroatoms. The highest BCUT2D eigenvalue weighted by atomic mass is 35.5. The van der Waals surface area contributed by atoms with Crippen LogP contribution in [0.1, 0.15) is 25.0 Å². The molecule has 0 atom stereocenters. The molecule has 1 saturated heterocycles. The van der Waals surface area contributed by atoms with Gasteiger partial charge in [0.25, 0.3) is 0 Å². The van der Waals surface area contributed by atoms with E-state index in [2.05, 4.69) is 20.7 Å². The Kier molecular flexibility index (Phi) is 7.52. The van der Waals surface area contributed by atoms with Crippen LogP contribution >= 0.6 is 35.4 Å². The number of benzene rings is 1. The molecule has 1 aliphatic heterocycles. The first-order valence-corrected chi connectivity index (χ1v) is 10.1. The van der Waals surface area contributed by atoms with Gasteiger partial charge in [-0.1, -0.05) is 29.6 Å². The van der Waals surface area contributed by atoms with E-state index in [1.54, 1.807) is 18.3 Å². The van der Waals surface area contributed by atoms with Crippen molar-refractivity contribution in [1.29, 1.82) is 0 Å². The van der Waals surface area contributed by atoms with Crippen LogP contribution in [0.25, 0.3) is 11.3 Å². The maximum absolute atomic E-state index is 6.05. The third kappa shape index (κ3) is 6.21. The summed E-state index contributed by atoms with van der Waals surface area (Å²) >= 11 is 17.2. The molecule has 0 saturated carbocycles. The van der Waals surface area contributed by atoms with E-state index < -0.39 is 0 Å². The monoisotopic (exact) mass is 424 g/mol. The Morgan fingerprint density at radius 1 is 1.15 bits per heavy atom. The Balaban J connectivity index is 1.43. The number of rotatable bonds is 6. The molecule has 0 bridgehead atoms. The molecular formula is C19H22Cl2N4OS. The maximum atomic E-state index is 6.05. The van der Waals surface area contributed by atoms with E-state index in [0.717, 1.165) is 18.7 Å². The van der Waals surface area contributed by atoms with E-state index >= 15 is 0 Å². The topological polar surface area (TPSA) is 52.8 Å². The summed E-state index contributed by atoms with van der Waals surface area (Å²) in [5.74, 6) is 1.30. The minimum absolute atomic E-state index is 0.489. The summed E-state index contributed by atoms with van der Waals surface area (Å²) in [6.45, 7) is 4.17. The minimum atomic E-state index is 0.489. The molecule has 0 radical (unpaired) electrons. The van der Waals surface area contributed by atoms with Crippen LogP contribution in [0.2, 0.25) is 10.0 Å². The number of hydrazone groups is 1. The number of furan rings is 1. The lowest BCUT2D eigenvalue weighted by molar-refractivity contribution is 0.232. The van der Waals surface area contributed by atoms with E-state index in [1.165, 1.54) is 32.4 Å². The first-order chi connectivity index (χ1) is 13.1. The van der Waals surface area contributed by atoms with E-state index in [-0.39, 0.29) is 0 Å². The molecule has 144 valence electrons. The summed E-state index contributed by atoms with van der Waals surface area (Å²) in [6.07, 6.45) is 5.51. The van der Waals surface area contributed by atoms with Crippen molar-refractivity contribution < 1.29 is 4.42 Å². The summed E-state index contributed by atoms with van der Waals surface area (Å²) in [5.41, 5.74) is 3.66. The second kappa shape index (κ2) is 10.1. The number of nitrogens with one attached hydrogen (secondary N) is 2. The quantitative estimate of drug-likeness (QED) is 0.405. The van der Waals surface area contributed by atoms with Gasteiger partial charge in [-0.2, -0.15) is 5.10 Å². The molecular weight excluding hydrogens is 403 g/mol. The predicted octanol–water partition coefficient (Wildman–Crippen LogP) is 4.54. The normalized spacial score (nSPS) is 15.2. The van der Waals surface area contributed by atoms with Gasteiger partial charge < -0.3 is 14.6 Å². The maximum Gasteiger partial charge on any atom is 0.187 e.